The minimum Gasteiger partial charge on any atom is -0.384 e. The summed E-state index contributed by atoms with van der Waals surface area (Å²) in [5.41, 5.74) is 6.58. The molecule has 0 bridgehead atoms. The van der Waals surface area contributed by atoms with Gasteiger partial charge in [0.1, 0.15) is 5.60 Å². The predicted molar refractivity (Wildman–Crippen MR) is 117 cm³/mol. The second kappa shape index (κ2) is 10.5. The average Bonchev–Trinajstić information content (AvgIpc) is 3.13. The lowest BCUT2D eigenvalue weighted by molar-refractivity contribution is 0.0621. The maximum Gasteiger partial charge on any atom is 0.248 e. The average molecular weight is 488 g/mol. The van der Waals surface area contributed by atoms with E-state index in [0.717, 1.165) is 11.1 Å². The zero-order valence-electron chi connectivity index (χ0n) is 14.9. The molecule has 1 heterocycles. The number of nitrogens with zero attached hydrogens (tertiary/aromatic N) is 1. The molecule has 0 fully saturated rings. The molecule has 0 spiro atoms. The van der Waals surface area contributed by atoms with Gasteiger partial charge in [-0.3, -0.25) is 4.79 Å². The molecule has 2 aromatic rings. The summed E-state index contributed by atoms with van der Waals surface area (Å²) in [5, 5.41) is 20.8. The smallest absolute Gasteiger partial charge is 0.248 e. The number of nitrogens with two attached hydrogens (primary N) is 1. The Bertz CT molecular complexity index is 715. The number of carbonyl (C=O) groups is 1. The van der Waals surface area contributed by atoms with Crippen LogP contribution in [0.2, 0.25) is 0 Å². The van der Waals surface area contributed by atoms with E-state index in [2.05, 4.69) is 15.6 Å². The Kier molecular flexibility index (Phi) is 9.03. The molecule has 2 rings (SSSR count). The van der Waals surface area contributed by atoms with Gasteiger partial charge in [-0.05, 0) is 53.9 Å². The first-order valence-corrected chi connectivity index (χ1v) is 9.02. The van der Waals surface area contributed by atoms with Crippen LogP contribution < -0.4 is 16.4 Å². The minimum atomic E-state index is -0.973. The molecule has 142 valence electrons. The highest BCUT2D eigenvalue weighted by Gasteiger charge is 2.23. The largest absolute Gasteiger partial charge is 0.384 e. The van der Waals surface area contributed by atoms with Crippen LogP contribution in [0.15, 0.2) is 46.1 Å². The molecule has 0 radical (unpaired) electrons. The number of rotatable bonds is 7. The first kappa shape index (κ1) is 22.4. The van der Waals surface area contributed by atoms with Crippen LogP contribution >= 0.6 is 35.3 Å². The van der Waals surface area contributed by atoms with Gasteiger partial charge < -0.3 is 21.5 Å². The third-order valence-electron chi connectivity index (χ3n) is 3.75. The summed E-state index contributed by atoms with van der Waals surface area (Å²) in [5.74, 6) is 0.178. The van der Waals surface area contributed by atoms with Gasteiger partial charge in [0, 0.05) is 12.1 Å². The monoisotopic (exact) mass is 488 g/mol. The Hall–Kier alpha value is -1.65. The summed E-state index contributed by atoms with van der Waals surface area (Å²) in [7, 11) is 0. The topological polar surface area (TPSA) is 99.7 Å². The minimum absolute atomic E-state index is 0. The van der Waals surface area contributed by atoms with Gasteiger partial charge in [0.15, 0.2) is 5.96 Å². The first-order valence-electron chi connectivity index (χ1n) is 8.08. The molecule has 0 saturated carbocycles. The van der Waals surface area contributed by atoms with E-state index >= 15 is 0 Å². The number of aliphatic hydroxyl groups is 1. The predicted octanol–water partition coefficient (Wildman–Crippen LogP) is 2.43. The van der Waals surface area contributed by atoms with Gasteiger partial charge in [-0.15, -0.1) is 24.0 Å². The molecule has 1 amide bonds. The second-order valence-corrected chi connectivity index (χ2v) is 6.68. The van der Waals surface area contributed by atoms with Crippen molar-refractivity contribution in [3.63, 3.8) is 0 Å². The Morgan fingerprint density at radius 1 is 1.27 bits per heavy atom. The van der Waals surface area contributed by atoms with Gasteiger partial charge in [0.05, 0.1) is 13.1 Å². The number of hydrogen-bond donors (Lipinski definition) is 4. The molecule has 6 nitrogen and oxygen atoms in total. The Labute approximate surface area is 174 Å². The van der Waals surface area contributed by atoms with Crippen molar-refractivity contribution in [1.29, 1.82) is 0 Å². The Balaban J connectivity index is 0.00000338. The van der Waals surface area contributed by atoms with Crippen LogP contribution in [0, 0.1) is 0 Å². The highest BCUT2D eigenvalue weighted by Crippen LogP contribution is 2.21. The quantitative estimate of drug-likeness (QED) is 0.273. The van der Waals surface area contributed by atoms with Crippen molar-refractivity contribution in [1.82, 2.24) is 10.6 Å². The van der Waals surface area contributed by atoms with Gasteiger partial charge in [0.2, 0.25) is 5.91 Å². The van der Waals surface area contributed by atoms with Crippen molar-refractivity contribution in [3.05, 3.63) is 57.8 Å². The number of nitrogens with one attached hydrogen (secondary N) is 2. The number of thiophene rings is 1. The number of hydrogen-bond acceptors (Lipinski definition) is 4. The number of primary amides is 1. The zero-order valence-corrected chi connectivity index (χ0v) is 18.0. The molecule has 0 aliphatic carbocycles. The number of benzene rings is 1. The van der Waals surface area contributed by atoms with E-state index < -0.39 is 11.5 Å². The van der Waals surface area contributed by atoms with Crippen LogP contribution in [0.3, 0.4) is 0 Å². The molecule has 0 saturated heterocycles. The fraction of sp³-hybridized carbons (Fsp3) is 0.333. The van der Waals surface area contributed by atoms with Crippen LogP contribution in [0.5, 0.6) is 0 Å². The van der Waals surface area contributed by atoms with Gasteiger partial charge in [-0.25, -0.2) is 4.99 Å². The lowest BCUT2D eigenvalue weighted by Crippen LogP contribution is -2.44. The number of guanidine groups is 1. The van der Waals surface area contributed by atoms with Gasteiger partial charge >= 0.3 is 0 Å². The second-order valence-electron chi connectivity index (χ2n) is 5.90. The molecule has 1 atom stereocenters. The number of carbonyl (C=O) groups excluding carboxylic acids is 1. The SMILES string of the molecule is CCNC(=NCc1ccc(C(N)=O)cc1)NCC(C)(O)c1ccsc1.I. The molecule has 0 aliphatic heterocycles. The molecule has 1 unspecified atom stereocenters. The van der Waals surface area contributed by atoms with E-state index in [1.807, 2.05) is 35.9 Å². The van der Waals surface area contributed by atoms with E-state index in [-0.39, 0.29) is 24.0 Å². The number of halogens is 1. The molecular formula is C18H25IN4O2S. The number of aliphatic imine (C=N–C) groups is 1. The molecular weight excluding hydrogens is 463 g/mol. The summed E-state index contributed by atoms with van der Waals surface area (Å²) in [6.45, 7) is 5.27. The van der Waals surface area contributed by atoms with E-state index in [1.54, 1.807) is 30.4 Å². The molecule has 1 aromatic heterocycles. The standard InChI is InChI=1S/C18H24N4O2S.HI/c1-3-20-17(22-12-18(2,24)15-8-9-25-11-15)21-10-13-4-6-14(7-5-13)16(19)23;/h4-9,11,24H,3,10,12H2,1-2H3,(H2,19,23)(H2,20,21,22);1H. The molecule has 1 aromatic carbocycles. The van der Waals surface area contributed by atoms with Crippen molar-refractivity contribution in [3.8, 4) is 0 Å². The zero-order chi connectivity index (χ0) is 18.3. The molecule has 8 heteroatoms. The Morgan fingerprint density at radius 3 is 2.50 bits per heavy atom. The summed E-state index contributed by atoms with van der Waals surface area (Å²) in [6, 6.07) is 8.95. The third kappa shape index (κ3) is 6.58. The van der Waals surface area contributed by atoms with Crippen LogP contribution in [-0.4, -0.2) is 30.1 Å². The van der Waals surface area contributed by atoms with Crippen molar-refractivity contribution in [2.45, 2.75) is 26.0 Å². The molecule has 5 N–H and O–H groups in total. The Morgan fingerprint density at radius 2 is 1.96 bits per heavy atom. The number of amides is 1. The normalized spacial score (nSPS) is 13.4. The van der Waals surface area contributed by atoms with Gasteiger partial charge in [0.25, 0.3) is 0 Å². The van der Waals surface area contributed by atoms with E-state index in [4.69, 9.17) is 5.73 Å². The lowest BCUT2D eigenvalue weighted by Gasteiger charge is -2.24. The van der Waals surface area contributed by atoms with Crippen LogP contribution in [0.1, 0.15) is 35.3 Å². The summed E-state index contributed by atoms with van der Waals surface area (Å²) in [4.78, 5) is 15.6. The first-order chi connectivity index (χ1) is 11.9. The van der Waals surface area contributed by atoms with Crippen molar-refractivity contribution in [2.75, 3.05) is 13.1 Å². The third-order valence-corrected chi connectivity index (χ3v) is 4.43. The fourth-order valence-corrected chi connectivity index (χ4v) is 3.00. The van der Waals surface area contributed by atoms with E-state index in [9.17, 15) is 9.90 Å². The summed E-state index contributed by atoms with van der Waals surface area (Å²) >= 11 is 1.56. The summed E-state index contributed by atoms with van der Waals surface area (Å²) < 4.78 is 0. The van der Waals surface area contributed by atoms with E-state index in [1.165, 1.54) is 0 Å². The maximum absolute atomic E-state index is 11.1. The van der Waals surface area contributed by atoms with Crippen molar-refractivity contribution in [2.24, 2.45) is 10.7 Å². The van der Waals surface area contributed by atoms with Crippen LogP contribution in [0.4, 0.5) is 0 Å². The maximum atomic E-state index is 11.1. The summed E-state index contributed by atoms with van der Waals surface area (Å²) in [6.07, 6.45) is 0. The van der Waals surface area contributed by atoms with E-state index in [0.29, 0.717) is 31.2 Å². The van der Waals surface area contributed by atoms with Gasteiger partial charge in [-0.1, -0.05) is 12.1 Å². The highest BCUT2D eigenvalue weighted by molar-refractivity contribution is 14.0. The van der Waals surface area contributed by atoms with Crippen LogP contribution in [-0.2, 0) is 12.1 Å². The fourth-order valence-electron chi connectivity index (χ4n) is 2.22. The van der Waals surface area contributed by atoms with Crippen molar-refractivity contribution < 1.29 is 9.90 Å². The molecule has 26 heavy (non-hydrogen) atoms. The lowest BCUT2D eigenvalue weighted by atomic mass is 9.99. The molecule has 0 aliphatic rings. The van der Waals surface area contributed by atoms with Gasteiger partial charge in [-0.2, -0.15) is 11.3 Å². The van der Waals surface area contributed by atoms with Crippen molar-refractivity contribution >= 4 is 47.2 Å². The highest BCUT2D eigenvalue weighted by atomic mass is 127. The van der Waals surface area contributed by atoms with Crippen LogP contribution in [0.25, 0.3) is 0 Å².